The molecule has 2 aromatic rings. The van der Waals surface area contributed by atoms with Crippen molar-refractivity contribution in [1.29, 1.82) is 0 Å². The minimum absolute atomic E-state index is 0.0262. The lowest BCUT2D eigenvalue weighted by Gasteiger charge is -2.06. The smallest absolute Gasteiger partial charge is 0.344 e. The van der Waals surface area contributed by atoms with Crippen LogP contribution in [0, 0.1) is 0 Å². The van der Waals surface area contributed by atoms with Crippen LogP contribution in [0.2, 0.25) is 10.3 Å². The van der Waals surface area contributed by atoms with Crippen molar-refractivity contribution in [3.05, 3.63) is 45.7 Å². The van der Waals surface area contributed by atoms with Gasteiger partial charge in [-0.25, -0.2) is 14.8 Å². The Morgan fingerprint density at radius 2 is 1.70 bits per heavy atom. The number of thioether (sulfide) groups is 1. The Morgan fingerprint density at radius 3 is 2.17 bits per heavy atom. The lowest BCUT2D eigenvalue weighted by molar-refractivity contribution is 0.0600. The zero-order valence-electron chi connectivity index (χ0n) is 13.0. The first-order chi connectivity index (χ1) is 11.0. The number of aromatic nitrogens is 2. The highest BCUT2D eigenvalue weighted by Crippen LogP contribution is 2.27. The van der Waals surface area contributed by atoms with Gasteiger partial charge >= 0.3 is 5.97 Å². The van der Waals surface area contributed by atoms with E-state index in [1.54, 1.807) is 0 Å². The third-order valence-corrected chi connectivity index (χ3v) is 4.00. The van der Waals surface area contributed by atoms with Gasteiger partial charge in [0.2, 0.25) is 0 Å². The Labute approximate surface area is 149 Å². The molecule has 2 rings (SSSR count). The maximum atomic E-state index is 11.5. The number of hydrogen-bond donors (Lipinski definition) is 1. The van der Waals surface area contributed by atoms with E-state index in [9.17, 15) is 4.79 Å². The van der Waals surface area contributed by atoms with Crippen molar-refractivity contribution >= 4 is 46.6 Å². The molecule has 5 nitrogen and oxygen atoms in total. The molecule has 1 aromatic carbocycles. The molecule has 8 heteroatoms. The molecule has 0 aliphatic carbocycles. The van der Waals surface area contributed by atoms with Gasteiger partial charge in [0.05, 0.1) is 7.11 Å². The molecule has 0 saturated heterocycles. The number of nitrogens with two attached hydrogens (primary N) is 1. The average molecular weight is 374 g/mol. The van der Waals surface area contributed by atoms with Crippen LogP contribution in [0.1, 0.15) is 29.8 Å². The highest BCUT2D eigenvalue weighted by Gasteiger charge is 2.19. The van der Waals surface area contributed by atoms with Crippen molar-refractivity contribution in [2.75, 3.05) is 12.8 Å². The number of ether oxygens (including phenoxy) is 1. The predicted octanol–water partition coefficient (Wildman–Crippen LogP) is 4.47. The summed E-state index contributed by atoms with van der Waals surface area (Å²) in [6.07, 6.45) is 0. The largest absolute Gasteiger partial charge is 0.465 e. The van der Waals surface area contributed by atoms with Crippen LogP contribution >= 0.6 is 35.0 Å². The minimum atomic E-state index is -0.667. The van der Waals surface area contributed by atoms with E-state index < -0.39 is 5.97 Å². The number of nitrogens with zero attached hydrogens (tertiary/aromatic N) is 2. The summed E-state index contributed by atoms with van der Waals surface area (Å²) in [7, 11) is 1.23. The molecule has 1 heterocycles. The summed E-state index contributed by atoms with van der Waals surface area (Å²) < 4.78 is 4.57. The van der Waals surface area contributed by atoms with Gasteiger partial charge in [0.25, 0.3) is 0 Å². The van der Waals surface area contributed by atoms with Gasteiger partial charge in [-0.2, -0.15) is 0 Å². The standard InChI is InChI=1S/C13H11Cl2N3O2S.C2H6/c1-20-12(19)9-10(14)17-13(18-11(9)15)21-6-7-2-4-8(16)5-3-7;1-2/h2-5H,6,16H2,1H3;1-2H3. The number of methoxy groups -OCH3 is 1. The lowest BCUT2D eigenvalue weighted by Crippen LogP contribution is -2.06. The summed E-state index contributed by atoms with van der Waals surface area (Å²) in [5.41, 5.74) is 7.35. The third kappa shape index (κ3) is 5.57. The lowest BCUT2D eigenvalue weighted by atomic mass is 10.2. The number of esters is 1. The van der Waals surface area contributed by atoms with E-state index >= 15 is 0 Å². The monoisotopic (exact) mass is 373 g/mol. The number of nitrogen functional groups attached to an aromatic ring is 1. The van der Waals surface area contributed by atoms with E-state index in [-0.39, 0.29) is 15.9 Å². The van der Waals surface area contributed by atoms with E-state index in [0.717, 1.165) is 5.56 Å². The Bertz CT molecular complexity index is 643. The Hall–Kier alpha value is -1.50. The van der Waals surface area contributed by atoms with Crippen molar-refractivity contribution in [3.8, 4) is 0 Å². The van der Waals surface area contributed by atoms with E-state index in [0.29, 0.717) is 16.6 Å². The second-order valence-corrected chi connectivity index (χ2v) is 5.64. The van der Waals surface area contributed by atoms with E-state index in [1.165, 1.54) is 18.9 Å². The molecular weight excluding hydrogens is 357 g/mol. The fraction of sp³-hybridized carbons (Fsp3) is 0.267. The SMILES string of the molecule is CC.COC(=O)c1c(Cl)nc(SCc2ccc(N)cc2)nc1Cl. The molecule has 0 fully saturated rings. The number of benzene rings is 1. The second-order valence-electron chi connectivity index (χ2n) is 3.98. The van der Waals surface area contributed by atoms with Crippen molar-refractivity contribution in [2.24, 2.45) is 0 Å². The Balaban J connectivity index is 0.00000127. The third-order valence-electron chi connectivity index (χ3n) is 2.54. The number of anilines is 1. The van der Waals surface area contributed by atoms with Gasteiger partial charge in [-0.05, 0) is 17.7 Å². The van der Waals surface area contributed by atoms with Gasteiger partial charge in [0, 0.05) is 11.4 Å². The summed E-state index contributed by atoms with van der Waals surface area (Å²) in [5.74, 6) is -0.0371. The summed E-state index contributed by atoms with van der Waals surface area (Å²) in [6, 6.07) is 7.46. The number of carbonyl (C=O) groups is 1. The van der Waals surface area contributed by atoms with Crippen LogP contribution in [0.25, 0.3) is 0 Å². The average Bonchev–Trinajstić information content (AvgIpc) is 2.55. The van der Waals surface area contributed by atoms with Crippen LogP contribution in [0.15, 0.2) is 29.4 Å². The fourth-order valence-corrected chi connectivity index (χ4v) is 2.93. The van der Waals surface area contributed by atoms with Crippen molar-refractivity contribution < 1.29 is 9.53 Å². The van der Waals surface area contributed by atoms with Crippen LogP contribution in [0.5, 0.6) is 0 Å². The van der Waals surface area contributed by atoms with Gasteiger partial charge in [-0.1, -0.05) is 60.9 Å². The molecule has 0 unspecified atom stereocenters. The van der Waals surface area contributed by atoms with Gasteiger partial charge in [0.15, 0.2) is 5.16 Å². The van der Waals surface area contributed by atoms with Gasteiger partial charge in [-0.3, -0.25) is 0 Å². The molecule has 1 aromatic heterocycles. The molecule has 0 saturated carbocycles. The molecular formula is C15H17Cl2N3O2S. The van der Waals surface area contributed by atoms with E-state index in [2.05, 4.69) is 14.7 Å². The van der Waals surface area contributed by atoms with Crippen LogP contribution in [0.4, 0.5) is 5.69 Å². The van der Waals surface area contributed by atoms with Crippen molar-refractivity contribution in [2.45, 2.75) is 24.8 Å². The number of carbonyl (C=O) groups excluding carboxylic acids is 1. The maximum Gasteiger partial charge on any atom is 0.344 e. The zero-order valence-corrected chi connectivity index (χ0v) is 15.3. The Kier molecular flexibility index (Phi) is 8.16. The van der Waals surface area contributed by atoms with E-state index in [4.69, 9.17) is 28.9 Å². The first kappa shape index (κ1) is 19.5. The first-order valence-electron chi connectivity index (χ1n) is 6.80. The second kappa shape index (κ2) is 9.60. The fourth-order valence-electron chi connectivity index (χ4n) is 1.49. The highest BCUT2D eigenvalue weighted by molar-refractivity contribution is 7.98. The highest BCUT2D eigenvalue weighted by atomic mass is 35.5. The summed E-state index contributed by atoms with van der Waals surface area (Å²) in [5, 5.41) is 0.331. The molecule has 0 atom stereocenters. The molecule has 0 aliphatic heterocycles. The molecule has 2 N–H and O–H groups in total. The number of hydrogen-bond acceptors (Lipinski definition) is 6. The number of halogens is 2. The van der Waals surface area contributed by atoms with Crippen LogP contribution in [-0.4, -0.2) is 23.0 Å². The van der Waals surface area contributed by atoms with Gasteiger partial charge in [-0.15, -0.1) is 0 Å². The normalized spacial score (nSPS) is 9.78. The molecule has 0 amide bonds. The van der Waals surface area contributed by atoms with Gasteiger partial charge < -0.3 is 10.5 Å². The van der Waals surface area contributed by atoms with Crippen LogP contribution < -0.4 is 5.73 Å². The summed E-state index contributed by atoms with van der Waals surface area (Å²) in [4.78, 5) is 19.6. The molecule has 0 radical (unpaired) electrons. The minimum Gasteiger partial charge on any atom is -0.465 e. The Morgan fingerprint density at radius 1 is 1.17 bits per heavy atom. The van der Waals surface area contributed by atoms with Crippen LogP contribution in [0.3, 0.4) is 0 Å². The molecule has 124 valence electrons. The quantitative estimate of drug-likeness (QED) is 0.280. The van der Waals surface area contributed by atoms with Crippen LogP contribution in [-0.2, 0) is 10.5 Å². The predicted molar refractivity (Wildman–Crippen MR) is 95.2 cm³/mol. The molecule has 23 heavy (non-hydrogen) atoms. The first-order valence-corrected chi connectivity index (χ1v) is 8.54. The van der Waals surface area contributed by atoms with Gasteiger partial charge in [0.1, 0.15) is 15.9 Å². The zero-order chi connectivity index (χ0) is 17.4. The van der Waals surface area contributed by atoms with E-state index in [1.807, 2.05) is 38.1 Å². The summed E-state index contributed by atoms with van der Waals surface area (Å²) >= 11 is 13.2. The molecule has 0 bridgehead atoms. The van der Waals surface area contributed by atoms with Crippen molar-refractivity contribution in [1.82, 2.24) is 9.97 Å². The topological polar surface area (TPSA) is 78.1 Å². The maximum absolute atomic E-state index is 11.5. The number of rotatable bonds is 4. The molecule has 0 aliphatic rings. The van der Waals surface area contributed by atoms with Crippen molar-refractivity contribution in [3.63, 3.8) is 0 Å². The summed E-state index contributed by atoms with van der Waals surface area (Å²) in [6.45, 7) is 4.00. The molecule has 0 spiro atoms.